The van der Waals surface area contributed by atoms with Crippen molar-refractivity contribution in [3.8, 4) is 5.75 Å². The average Bonchev–Trinajstić information content (AvgIpc) is 2.87. The quantitative estimate of drug-likeness (QED) is 0.824. The van der Waals surface area contributed by atoms with Crippen molar-refractivity contribution in [2.45, 2.75) is 6.92 Å². The lowest BCUT2D eigenvalue weighted by Gasteiger charge is -2.04. The molecule has 0 aliphatic carbocycles. The van der Waals surface area contributed by atoms with E-state index in [1.165, 1.54) is 11.3 Å². The smallest absolute Gasteiger partial charge is 0.325 e. The number of methoxy groups -OCH3 is 1. The Morgan fingerprint density at radius 3 is 2.90 bits per heavy atom. The second-order valence-corrected chi connectivity index (χ2v) is 4.97. The molecule has 2 aromatic rings. The highest BCUT2D eigenvalue weighted by Crippen LogP contribution is 2.31. The van der Waals surface area contributed by atoms with Crippen LogP contribution < -0.4 is 15.4 Å². The molecule has 0 radical (unpaired) electrons. The highest BCUT2D eigenvalue weighted by molar-refractivity contribution is 7.22. The van der Waals surface area contributed by atoms with Gasteiger partial charge < -0.3 is 14.8 Å². The maximum absolute atomic E-state index is 11.7. The van der Waals surface area contributed by atoms with Gasteiger partial charge in [0.25, 0.3) is 0 Å². The van der Waals surface area contributed by atoms with E-state index in [1.54, 1.807) is 20.1 Å². The first-order chi connectivity index (χ1) is 10.1. The molecule has 0 aliphatic heterocycles. The number of carbonyl (C=O) groups is 2. The number of amides is 2. The normalized spacial score (nSPS) is 10.2. The number of para-hydroxylation sites is 1. The zero-order valence-corrected chi connectivity index (χ0v) is 12.5. The predicted octanol–water partition coefficient (Wildman–Crippen LogP) is 1.99. The third kappa shape index (κ3) is 3.82. The van der Waals surface area contributed by atoms with Gasteiger partial charge in [0.1, 0.15) is 17.8 Å². The maximum Gasteiger partial charge on any atom is 0.325 e. The largest absolute Gasteiger partial charge is 0.494 e. The molecular formula is C13H15N3O4S. The van der Waals surface area contributed by atoms with Gasteiger partial charge in [0.2, 0.25) is 0 Å². The van der Waals surface area contributed by atoms with Crippen molar-refractivity contribution >= 4 is 38.7 Å². The van der Waals surface area contributed by atoms with E-state index in [2.05, 4.69) is 15.6 Å². The van der Waals surface area contributed by atoms with Crippen molar-refractivity contribution in [1.82, 2.24) is 10.3 Å². The summed E-state index contributed by atoms with van der Waals surface area (Å²) >= 11 is 1.32. The molecule has 0 fully saturated rings. The van der Waals surface area contributed by atoms with Crippen LogP contribution in [0.3, 0.4) is 0 Å². The van der Waals surface area contributed by atoms with Crippen molar-refractivity contribution in [2.75, 3.05) is 25.6 Å². The highest BCUT2D eigenvalue weighted by Gasteiger charge is 2.11. The fourth-order valence-corrected chi connectivity index (χ4v) is 2.53. The molecule has 2 rings (SSSR count). The number of thiazole rings is 1. The van der Waals surface area contributed by atoms with Crippen molar-refractivity contribution in [1.29, 1.82) is 0 Å². The summed E-state index contributed by atoms with van der Waals surface area (Å²) in [5, 5.41) is 5.40. The number of fused-ring (bicyclic) bond motifs is 1. The monoisotopic (exact) mass is 309 g/mol. The lowest BCUT2D eigenvalue weighted by Crippen LogP contribution is -2.34. The topological polar surface area (TPSA) is 89.5 Å². The number of urea groups is 1. The van der Waals surface area contributed by atoms with Crippen LogP contribution in [-0.4, -0.2) is 37.2 Å². The Labute approximate surface area is 125 Å². The summed E-state index contributed by atoms with van der Waals surface area (Å²) in [7, 11) is 1.56. The molecule has 21 heavy (non-hydrogen) atoms. The van der Waals surface area contributed by atoms with E-state index in [9.17, 15) is 9.59 Å². The standard InChI is InChI=1S/C13H15N3O4S/c1-3-20-10(17)7-14-12(18)16-13-15-11-8(19-2)5-4-6-9(11)21-13/h4-6H,3,7H2,1-2H3,(H2,14,15,16,18). The summed E-state index contributed by atoms with van der Waals surface area (Å²) in [6.45, 7) is 1.79. The molecule has 0 unspecified atom stereocenters. The molecule has 0 atom stereocenters. The number of hydrogen-bond donors (Lipinski definition) is 2. The van der Waals surface area contributed by atoms with E-state index in [1.807, 2.05) is 12.1 Å². The number of nitrogens with zero attached hydrogens (tertiary/aromatic N) is 1. The van der Waals surface area contributed by atoms with Gasteiger partial charge in [-0.2, -0.15) is 0 Å². The molecule has 2 N–H and O–H groups in total. The molecule has 0 saturated carbocycles. The number of anilines is 1. The molecule has 0 spiro atoms. The molecule has 1 aromatic carbocycles. The van der Waals surface area contributed by atoms with Crippen molar-refractivity contribution in [3.63, 3.8) is 0 Å². The van der Waals surface area contributed by atoms with E-state index < -0.39 is 12.0 Å². The van der Waals surface area contributed by atoms with Gasteiger partial charge in [0.05, 0.1) is 18.4 Å². The van der Waals surface area contributed by atoms with Crippen LogP contribution in [0, 0.1) is 0 Å². The van der Waals surface area contributed by atoms with Crippen LogP contribution in [0.5, 0.6) is 5.75 Å². The Hall–Kier alpha value is -2.35. The molecular weight excluding hydrogens is 294 g/mol. The molecule has 0 saturated heterocycles. The Morgan fingerprint density at radius 2 is 2.19 bits per heavy atom. The lowest BCUT2D eigenvalue weighted by atomic mass is 10.3. The van der Waals surface area contributed by atoms with Crippen LogP contribution in [0.15, 0.2) is 18.2 Å². The Balaban J connectivity index is 2.00. The minimum Gasteiger partial charge on any atom is -0.494 e. The number of benzene rings is 1. The van der Waals surface area contributed by atoms with E-state index in [4.69, 9.17) is 9.47 Å². The summed E-state index contributed by atoms with van der Waals surface area (Å²) in [6.07, 6.45) is 0. The molecule has 0 aliphatic rings. The molecule has 1 aromatic heterocycles. The van der Waals surface area contributed by atoms with E-state index in [-0.39, 0.29) is 13.2 Å². The first kappa shape index (κ1) is 15.0. The zero-order chi connectivity index (χ0) is 15.2. The average molecular weight is 309 g/mol. The zero-order valence-electron chi connectivity index (χ0n) is 11.6. The van der Waals surface area contributed by atoms with Gasteiger partial charge in [-0.1, -0.05) is 17.4 Å². The summed E-state index contributed by atoms with van der Waals surface area (Å²) in [4.78, 5) is 27.1. The number of esters is 1. The fourth-order valence-electron chi connectivity index (χ4n) is 1.65. The lowest BCUT2D eigenvalue weighted by molar-refractivity contribution is -0.141. The minimum atomic E-state index is -0.513. The summed E-state index contributed by atoms with van der Waals surface area (Å²) in [6, 6.07) is 5.02. The molecule has 1 heterocycles. The third-order valence-corrected chi connectivity index (χ3v) is 3.46. The van der Waals surface area contributed by atoms with Gasteiger partial charge in [-0.3, -0.25) is 10.1 Å². The first-order valence-corrected chi connectivity index (χ1v) is 7.09. The van der Waals surface area contributed by atoms with Crippen LogP contribution in [0.4, 0.5) is 9.93 Å². The minimum absolute atomic E-state index is 0.187. The Bertz CT molecular complexity index is 656. The van der Waals surface area contributed by atoms with Gasteiger partial charge >= 0.3 is 12.0 Å². The Morgan fingerprint density at radius 1 is 1.38 bits per heavy atom. The second-order valence-electron chi connectivity index (χ2n) is 3.94. The van der Waals surface area contributed by atoms with Gasteiger partial charge in [-0.15, -0.1) is 0 Å². The van der Waals surface area contributed by atoms with Gasteiger partial charge in [-0.05, 0) is 19.1 Å². The van der Waals surface area contributed by atoms with Gasteiger partial charge in [0.15, 0.2) is 5.13 Å². The molecule has 8 heteroatoms. The second kappa shape index (κ2) is 6.89. The summed E-state index contributed by atoms with van der Waals surface area (Å²) < 4.78 is 10.8. The van der Waals surface area contributed by atoms with Crippen molar-refractivity contribution in [3.05, 3.63) is 18.2 Å². The molecule has 0 bridgehead atoms. The van der Waals surface area contributed by atoms with Crippen molar-refractivity contribution in [2.24, 2.45) is 0 Å². The Kier molecular flexibility index (Phi) is 4.94. The van der Waals surface area contributed by atoms with Crippen LogP contribution in [-0.2, 0) is 9.53 Å². The predicted molar refractivity (Wildman–Crippen MR) is 79.8 cm³/mol. The fraction of sp³-hybridized carbons (Fsp3) is 0.308. The van der Waals surface area contributed by atoms with Crippen LogP contribution in [0.2, 0.25) is 0 Å². The number of aromatic nitrogens is 1. The highest BCUT2D eigenvalue weighted by atomic mass is 32.1. The van der Waals surface area contributed by atoms with E-state index in [0.717, 1.165) is 4.70 Å². The van der Waals surface area contributed by atoms with E-state index >= 15 is 0 Å². The first-order valence-electron chi connectivity index (χ1n) is 6.28. The summed E-state index contributed by atoms with van der Waals surface area (Å²) in [5.41, 5.74) is 0.686. The van der Waals surface area contributed by atoms with Crippen molar-refractivity contribution < 1.29 is 19.1 Å². The van der Waals surface area contributed by atoms with Crippen LogP contribution >= 0.6 is 11.3 Å². The number of ether oxygens (including phenoxy) is 2. The molecule has 7 nitrogen and oxygen atoms in total. The summed E-state index contributed by atoms with van der Waals surface area (Å²) in [5.74, 6) is 0.155. The number of nitrogens with one attached hydrogen (secondary N) is 2. The van der Waals surface area contributed by atoms with Crippen LogP contribution in [0.1, 0.15) is 6.92 Å². The number of rotatable bonds is 5. The maximum atomic E-state index is 11.7. The number of hydrogen-bond acceptors (Lipinski definition) is 6. The van der Waals surface area contributed by atoms with Gasteiger partial charge in [-0.25, -0.2) is 9.78 Å². The molecule has 112 valence electrons. The SMILES string of the molecule is CCOC(=O)CNC(=O)Nc1nc2c(OC)cccc2s1. The third-order valence-electron chi connectivity index (χ3n) is 2.52. The molecule has 2 amide bonds. The van der Waals surface area contributed by atoms with E-state index in [0.29, 0.717) is 16.4 Å². The van der Waals surface area contributed by atoms with Crippen LogP contribution in [0.25, 0.3) is 10.2 Å². The van der Waals surface area contributed by atoms with Gasteiger partial charge in [0, 0.05) is 0 Å². The number of carbonyl (C=O) groups excluding carboxylic acids is 2.